The van der Waals surface area contributed by atoms with Crippen molar-refractivity contribution in [1.29, 1.82) is 0 Å². The molecule has 0 aliphatic heterocycles. The first kappa shape index (κ1) is 18.3. The van der Waals surface area contributed by atoms with E-state index in [9.17, 15) is 0 Å². The number of nitrogens with zero attached hydrogens (tertiary/aromatic N) is 1. The summed E-state index contributed by atoms with van der Waals surface area (Å²) in [6, 6.07) is 4.42. The molecule has 0 aromatic carbocycles. The van der Waals surface area contributed by atoms with E-state index in [1.54, 1.807) is 6.26 Å². The van der Waals surface area contributed by atoms with Crippen LogP contribution in [0, 0.1) is 11.8 Å². The monoisotopic (exact) mass is 405 g/mol. The predicted octanol–water partition coefficient (Wildman–Crippen LogP) is 3.78. The fourth-order valence-electron chi connectivity index (χ4n) is 2.90. The van der Waals surface area contributed by atoms with Crippen molar-refractivity contribution < 1.29 is 4.42 Å². The minimum absolute atomic E-state index is 0. The summed E-state index contributed by atoms with van der Waals surface area (Å²) in [5, 5.41) is 6.82. The third kappa shape index (κ3) is 5.88. The summed E-state index contributed by atoms with van der Waals surface area (Å²) >= 11 is 0. The van der Waals surface area contributed by atoms with E-state index in [-0.39, 0.29) is 24.0 Å². The highest BCUT2D eigenvalue weighted by molar-refractivity contribution is 14.0. The first-order valence-electron chi connectivity index (χ1n) is 7.68. The van der Waals surface area contributed by atoms with Gasteiger partial charge in [0.25, 0.3) is 0 Å². The summed E-state index contributed by atoms with van der Waals surface area (Å²) in [7, 11) is 1.82. The Morgan fingerprint density at radius 3 is 2.57 bits per heavy atom. The lowest BCUT2D eigenvalue weighted by molar-refractivity contribution is 0.250. The molecule has 4 nitrogen and oxygen atoms in total. The molecule has 2 rings (SSSR count). The van der Waals surface area contributed by atoms with Gasteiger partial charge in [-0.05, 0) is 49.7 Å². The zero-order valence-electron chi connectivity index (χ0n) is 13.3. The molecule has 1 heterocycles. The van der Waals surface area contributed by atoms with E-state index in [0.29, 0.717) is 12.6 Å². The van der Waals surface area contributed by atoms with Gasteiger partial charge < -0.3 is 15.1 Å². The van der Waals surface area contributed by atoms with Gasteiger partial charge >= 0.3 is 0 Å². The Morgan fingerprint density at radius 2 is 2.05 bits per heavy atom. The molecule has 0 unspecified atom stereocenters. The molecule has 2 N–H and O–H groups in total. The van der Waals surface area contributed by atoms with Crippen LogP contribution < -0.4 is 10.6 Å². The molecule has 1 saturated carbocycles. The molecule has 1 aromatic heterocycles. The zero-order valence-corrected chi connectivity index (χ0v) is 15.6. The molecule has 0 atom stereocenters. The Morgan fingerprint density at radius 1 is 1.33 bits per heavy atom. The molecule has 5 heteroatoms. The maximum absolute atomic E-state index is 5.31. The molecule has 0 spiro atoms. The smallest absolute Gasteiger partial charge is 0.191 e. The zero-order chi connectivity index (χ0) is 14.4. The van der Waals surface area contributed by atoms with Crippen LogP contribution >= 0.6 is 24.0 Å². The SMILES string of the molecule is CN=C(NCc1ccco1)NC1CCC(C(C)C)CC1.I. The number of guanidine groups is 1. The third-order valence-electron chi connectivity index (χ3n) is 4.29. The average molecular weight is 405 g/mol. The van der Waals surface area contributed by atoms with E-state index in [0.717, 1.165) is 23.6 Å². The van der Waals surface area contributed by atoms with Crippen LogP contribution in [0.1, 0.15) is 45.3 Å². The number of furan rings is 1. The van der Waals surface area contributed by atoms with Crippen molar-refractivity contribution in [3.8, 4) is 0 Å². The van der Waals surface area contributed by atoms with Crippen molar-refractivity contribution in [1.82, 2.24) is 10.6 Å². The Hall–Kier alpha value is -0.720. The van der Waals surface area contributed by atoms with Gasteiger partial charge in [0.2, 0.25) is 0 Å². The maximum atomic E-state index is 5.31. The van der Waals surface area contributed by atoms with Crippen LogP contribution in [0.4, 0.5) is 0 Å². The standard InChI is InChI=1S/C16H27N3O.HI/c1-12(2)13-6-8-14(9-7-13)19-16(17-3)18-11-15-5-4-10-20-15;/h4-5,10,12-14H,6-9,11H2,1-3H3,(H2,17,18,19);1H. The highest BCUT2D eigenvalue weighted by Gasteiger charge is 2.23. The highest BCUT2D eigenvalue weighted by Crippen LogP contribution is 2.29. The van der Waals surface area contributed by atoms with Crippen molar-refractivity contribution in [2.24, 2.45) is 16.8 Å². The number of hydrogen-bond acceptors (Lipinski definition) is 2. The molecular formula is C16H28IN3O. The lowest BCUT2D eigenvalue weighted by Gasteiger charge is -2.32. The van der Waals surface area contributed by atoms with E-state index in [2.05, 4.69) is 29.5 Å². The van der Waals surface area contributed by atoms with Crippen molar-refractivity contribution in [2.45, 2.75) is 52.1 Å². The summed E-state index contributed by atoms with van der Waals surface area (Å²) in [6.07, 6.45) is 6.82. The second-order valence-electron chi connectivity index (χ2n) is 6.01. The van der Waals surface area contributed by atoms with E-state index in [4.69, 9.17) is 4.42 Å². The normalized spacial score (nSPS) is 22.8. The largest absolute Gasteiger partial charge is 0.467 e. The minimum atomic E-state index is 0. The van der Waals surface area contributed by atoms with Gasteiger partial charge in [0, 0.05) is 13.1 Å². The molecule has 21 heavy (non-hydrogen) atoms. The summed E-state index contributed by atoms with van der Waals surface area (Å²) in [5.74, 6) is 3.50. The fraction of sp³-hybridized carbons (Fsp3) is 0.688. The molecule has 0 bridgehead atoms. The summed E-state index contributed by atoms with van der Waals surface area (Å²) in [5.41, 5.74) is 0. The van der Waals surface area contributed by atoms with Crippen molar-refractivity contribution >= 4 is 29.9 Å². The number of nitrogens with one attached hydrogen (secondary N) is 2. The molecule has 120 valence electrons. The van der Waals surface area contributed by atoms with E-state index in [1.807, 2.05) is 19.2 Å². The lowest BCUT2D eigenvalue weighted by atomic mass is 9.80. The van der Waals surface area contributed by atoms with Crippen LogP contribution in [0.15, 0.2) is 27.8 Å². The highest BCUT2D eigenvalue weighted by atomic mass is 127. The third-order valence-corrected chi connectivity index (χ3v) is 4.29. The summed E-state index contributed by atoms with van der Waals surface area (Å²) < 4.78 is 5.31. The fourth-order valence-corrected chi connectivity index (χ4v) is 2.90. The molecule has 0 amide bonds. The Kier molecular flexibility index (Phi) is 8.14. The summed E-state index contributed by atoms with van der Waals surface area (Å²) in [4.78, 5) is 4.29. The van der Waals surface area contributed by atoms with Crippen LogP contribution in [0.3, 0.4) is 0 Å². The van der Waals surface area contributed by atoms with Gasteiger partial charge in [0.1, 0.15) is 5.76 Å². The average Bonchev–Trinajstić information content (AvgIpc) is 2.97. The van der Waals surface area contributed by atoms with Gasteiger partial charge in [-0.1, -0.05) is 13.8 Å². The molecule has 1 fully saturated rings. The minimum Gasteiger partial charge on any atom is -0.467 e. The second-order valence-corrected chi connectivity index (χ2v) is 6.01. The van der Waals surface area contributed by atoms with Crippen molar-refractivity contribution in [3.05, 3.63) is 24.2 Å². The van der Waals surface area contributed by atoms with Crippen LogP contribution in [0.2, 0.25) is 0 Å². The maximum Gasteiger partial charge on any atom is 0.191 e. The molecule has 0 saturated heterocycles. The molecular weight excluding hydrogens is 377 g/mol. The Labute approximate surface area is 145 Å². The van der Waals surface area contributed by atoms with Crippen LogP contribution in [-0.4, -0.2) is 19.0 Å². The predicted molar refractivity (Wildman–Crippen MR) is 98.0 cm³/mol. The number of hydrogen-bond donors (Lipinski definition) is 2. The van der Waals surface area contributed by atoms with Gasteiger partial charge in [-0.3, -0.25) is 4.99 Å². The number of halogens is 1. The molecule has 0 radical (unpaired) electrons. The van der Waals surface area contributed by atoms with Crippen LogP contribution in [-0.2, 0) is 6.54 Å². The summed E-state index contributed by atoms with van der Waals surface area (Å²) in [6.45, 7) is 5.35. The Balaban J connectivity index is 0.00000220. The first-order valence-corrected chi connectivity index (χ1v) is 7.68. The van der Waals surface area contributed by atoms with Gasteiger partial charge in [-0.15, -0.1) is 24.0 Å². The molecule has 1 aliphatic carbocycles. The van der Waals surface area contributed by atoms with Crippen molar-refractivity contribution in [2.75, 3.05) is 7.05 Å². The van der Waals surface area contributed by atoms with Crippen molar-refractivity contribution in [3.63, 3.8) is 0 Å². The van der Waals surface area contributed by atoms with Gasteiger partial charge in [-0.2, -0.15) is 0 Å². The van der Waals surface area contributed by atoms with Crippen LogP contribution in [0.5, 0.6) is 0 Å². The quantitative estimate of drug-likeness (QED) is 0.456. The molecule has 1 aromatic rings. The molecule has 1 aliphatic rings. The topological polar surface area (TPSA) is 49.6 Å². The van der Waals surface area contributed by atoms with E-state index >= 15 is 0 Å². The first-order chi connectivity index (χ1) is 9.69. The lowest BCUT2D eigenvalue weighted by Crippen LogP contribution is -2.44. The second kappa shape index (κ2) is 9.33. The van der Waals surface area contributed by atoms with Gasteiger partial charge in [0.15, 0.2) is 5.96 Å². The van der Waals surface area contributed by atoms with Crippen LogP contribution in [0.25, 0.3) is 0 Å². The number of aliphatic imine (C=N–C) groups is 1. The number of rotatable bonds is 4. The Bertz CT molecular complexity index is 409. The van der Waals surface area contributed by atoms with E-state index in [1.165, 1.54) is 25.7 Å². The van der Waals surface area contributed by atoms with E-state index < -0.39 is 0 Å². The van der Waals surface area contributed by atoms with Gasteiger partial charge in [-0.25, -0.2) is 0 Å². The van der Waals surface area contributed by atoms with Gasteiger partial charge in [0.05, 0.1) is 12.8 Å².